The Balaban J connectivity index is 2.19. The van der Waals surface area contributed by atoms with Crippen LogP contribution >= 0.6 is 0 Å². The highest BCUT2D eigenvalue weighted by molar-refractivity contribution is 6.08. The summed E-state index contributed by atoms with van der Waals surface area (Å²) in [6, 6.07) is 9.60. The van der Waals surface area contributed by atoms with Gasteiger partial charge in [-0.25, -0.2) is 10.2 Å². The standard InChI is InChI=1S/C15H13N3O3/c1-10(12-4-2-3-5-13(12)15(20)21)17-18-14(19)11-6-8-16-9-7-11/h2-9H,1H3,(H,18,19)(H,20,21)/b17-10+. The normalized spacial score (nSPS) is 11.0. The number of hydrogen-bond donors (Lipinski definition) is 2. The second kappa shape index (κ2) is 6.42. The maximum atomic E-state index is 11.8. The van der Waals surface area contributed by atoms with Crippen LogP contribution in [0, 0.1) is 0 Å². The molecule has 0 atom stereocenters. The van der Waals surface area contributed by atoms with E-state index in [-0.39, 0.29) is 11.5 Å². The molecule has 1 aromatic heterocycles. The molecule has 0 aliphatic carbocycles. The molecule has 0 fully saturated rings. The summed E-state index contributed by atoms with van der Waals surface area (Å²) in [7, 11) is 0. The van der Waals surface area contributed by atoms with E-state index >= 15 is 0 Å². The van der Waals surface area contributed by atoms with Crippen molar-refractivity contribution in [2.24, 2.45) is 5.10 Å². The Morgan fingerprint density at radius 3 is 2.33 bits per heavy atom. The molecule has 2 aromatic rings. The van der Waals surface area contributed by atoms with Crippen molar-refractivity contribution in [2.75, 3.05) is 0 Å². The molecule has 0 radical (unpaired) electrons. The average Bonchev–Trinajstić information content (AvgIpc) is 2.53. The van der Waals surface area contributed by atoms with Gasteiger partial charge in [0, 0.05) is 23.5 Å². The van der Waals surface area contributed by atoms with E-state index in [1.165, 1.54) is 18.5 Å². The first kappa shape index (κ1) is 14.4. The Morgan fingerprint density at radius 1 is 1.10 bits per heavy atom. The number of carboxylic acids is 1. The van der Waals surface area contributed by atoms with Gasteiger partial charge in [-0.15, -0.1) is 0 Å². The largest absolute Gasteiger partial charge is 0.478 e. The number of aromatic nitrogens is 1. The van der Waals surface area contributed by atoms with E-state index in [9.17, 15) is 9.59 Å². The lowest BCUT2D eigenvalue weighted by Gasteiger charge is -2.06. The molecule has 6 nitrogen and oxygen atoms in total. The molecule has 2 N–H and O–H groups in total. The molecule has 0 saturated heterocycles. The lowest BCUT2D eigenvalue weighted by Crippen LogP contribution is -2.20. The van der Waals surface area contributed by atoms with Crippen LogP contribution in [0.15, 0.2) is 53.9 Å². The molecule has 0 saturated carbocycles. The minimum Gasteiger partial charge on any atom is -0.478 e. The number of aromatic carboxylic acids is 1. The Bertz CT molecular complexity index is 696. The van der Waals surface area contributed by atoms with E-state index < -0.39 is 5.97 Å². The van der Waals surface area contributed by atoms with Crippen molar-refractivity contribution in [3.8, 4) is 0 Å². The number of pyridine rings is 1. The highest BCUT2D eigenvalue weighted by Crippen LogP contribution is 2.10. The van der Waals surface area contributed by atoms with Crippen LogP contribution in [-0.2, 0) is 0 Å². The SMILES string of the molecule is C/C(=N\NC(=O)c1ccncc1)c1ccccc1C(=O)O. The summed E-state index contributed by atoms with van der Waals surface area (Å²) in [4.78, 5) is 26.8. The van der Waals surface area contributed by atoms with E-state index in [4.69, 9.17) is 5.11 Å². The van der Waals surface area contributed by atoms with E-state index in [1.54, 1.807) is 37.3 Å². The second-order valence-corrected chi connectivity index (χ2v) is 4.22. The van der Waals surface area contributed by atoms with Crippen LogP contribution in [0.1, 0.15) is 33.2 Å². The fraction of sp³-hybridized carbons (Fsp3) is 0.0667. The van der Waals surface area contributed by atoms with Gasteiger partial charge >= 0.3 is 5.97 Å². The van der Waals surface area contributed by atoms with Crippen LogP contribution in [0.3, 0.4) is 0 Å². The number of carbonyl (C=O) groups excluding carboxylic acids is 1. The van der Waals surface area contributed by atoms with Gasteiger partial charge < -0.3 is 5.11 Å². The van der Waals surface area contributed by atoms with Gasteiger partial charge in [-0.3, -0.25) is 9.78 Å². The van der Waals surface area contributed by atoms with Gasteiger partial charge in [-0.1, -0.05) is 18.2 Å². The summed E-state index contributed by atoms with van der Waals surface area (Å²) in [5.41, 5.74) is 3.82. The molecule has 1 aromatic carbocycles. The van der Waals surface area contributed by atoms with Crippen LogP contribution in [0.25, 0.3) is 0 Å². The van der Waals surface area contributed by atoms with Crippen molar-refractivity contribution in [3.05, 3.63) is 65.5 Å². The quantitative estimate of drug-likeness (QED) is 0.662. The molecule has 106 valence electrons. The van der Waals surface area contributed by atoms with Gasteiger partial charge in [0.1, 0.15) is 0 Å². The average molecular weight is 283 g/mol. The van der Waals surface area contributed by atoms with Crippen molar-refractivity contribution < 1.29 is 14.7 Å². The van der Waals surface area contributed by atoms with Crippen LogP contribution in [0.5, 0.6) is 0 Å². The van der Waals surface area contributed by atoms with Crippen molar-refractivity contribution in [2.45, 2.75) is 6.92 Å². The number of nitrogens with zero attached hydrogens (tertiary/aromatic N) is 2. The molecular formula is C15H13N3O3. The molecule has 6 heteroatoms. The van der Waals surface area contributed by atoms with Crippen LogP contribution in [0.2, 0.25) is 0 Å². The molecule has 0 bridgehead atoms. The van der Waals surface area contributed by atoms with Crippen molar-refractivity contribution in [3.63, 3.8) is 0 Å². The maximum absolute atomic E-state index is 11.8. The molecule has 0 spiro atoms. The summed E-state index contributed by atoms with van der Waals surface area (Å²) in [6.45, 7) is 1.63. The highest BCUT2D eigenvalue weighted by Gasteiger charge is 2.11. The fourth-order valence-corrected chi connectivity index (χ4v) is 1.75. The summed E-state index contributed by atoms with van der Waals surface area (Å²) in [5, 5.41) is 13.1. The number of carbonyl (C=O) groups is 2. The lowest BCUT2D eigenvalue weighted by atomic mass is 10.0. The minimum atomic E-state index is -1.04. The van der Waals surface area contributed by atoms with E-state index in [0.29, 0.717) is 16.8 Å². The molecule has 0 aliphatic rings. The molecule has 1 heterocycles. The van der Waals surface area contributed by atoms with Gasteiger partial charge in [0.05, 0.1) is 11.3 Å². The van der Waals surface area contributed by atoms with Crippen molar-refractivity contribution in [1.82, 2.24) is 10.4 Å². The van der Waals surface area contributed by atoms with Crippen LogP contribution < -0.4 is 5.43 Å². The number of hydrazone groups is 1. The maximum Gasteiger partial charge on any atom is 0.336 e. The van der Waals surface area contributed by atoms with E-state index in [0.717, 1.165) is 0 Å². The molecular weight excluding hydrogens is 270 g/mol. The summed E-state index contributed by atoms with van der Waals surface area (Å²) in [5.74, 6) is -1.43. The number of rotatable bonds is 4. The number of benzene rings is 1. The van der Waals surface area contributed by atoms with Crippen molar-refractivity contribution in [1.29, 1.82) is 0 Å². The molecule has 2 rings (SSSR count). The molecule has 0 unspecified atom stereocenters. The van der Waals surface area contributed by atoms with Gasteiger partial charge in [-0.05, 0) is 25.1 Å². The topological polar surface area (TPSA) is 91.7 Å². The van der Waals surface area contributed by atoms with E-state index in [1.807, 2.05) is 0 Å². The van der Waals surface area contributed by atoms with Crippen LogP contribution in [0.4, 0.5) is 0 Å². The van der Waals surface area contributed by atoms with Crippen LogP contribution in [-0.4, -0.2) is 27.7 Å². The third kappa shape index (κ3) is 3.50. The molecule has 1 amide bonds. The first-order valence-corrected chi connectivity index (χ1v) is 6.17. The predicted molar refractivity (Wildman–Crippen MR) is 77.3 cm³/mol. The number of amides is 1. The Kier molecular flexibility index (Phi) is 4.40. The van der Waals surface area contributed by atoms with Crippen molar-refractivity contribution >= 4 is 17.6 Å². The third-order valence-electron chi connectivity index (χ3n) is 2.81. The molecule has 21 heavy (non-hydrogen) atoms. The first-order valence-electron chi connectivity index (χ1n) is 6.17. The third-order valence-corrected chi connectivity index (χ3v) is 2.81. The monoisotopic (exact) mass is 283 g/mol. The predicted octanol–water partition coefficient (Wildman–Crippen LogP) is 1.93. The van der Waals surface area contributed by atoms with Gasteiger partial charge in [0.2, 0.25) is 0 Å². The number of carboxylic acid groups (broad SMARTS) is 1. The highest BCUT2D eigenvalue weighted by atomic mass is 16.4. The molecule has 0 aliphatic heterocycles. The van der Waals surface area contributed by atoms with Gasteiger partial charge in [0.15, 0.2) is 0 Å². The summed E-state index contributed by atoms with van der Waals surface area (Å²) in [6.07, 6.45) is 3.01. The fourth-order valence-electron chi connectivity index (χ4n) is 1.75. The Morgan fingerprint density at radius 2 is 1.71 bits per heavy atom. The first-order chi connectivity index (χ1) is 10.1. The zero-order valence-electron chi connectivity index (χ0n) is 11.3. The van der Waals surface area contributed by atoms with Gasteiger partial charge in [0.25, 0.3) is 5.91 Å². The van der Waals surface area contributed by atoms with Gasteiger partial charge in [-0.2, -0.15) is 5.10 Å². The zero-order chi connectivity index (χ0) is 15.2. The number of hydrogen-bond acceptors (Lipinski definition) is 4. The Hall–Kier alpha value is -3.02. The number of nitrogens with one attached hydrogen (secondary N) is 1. The van der Waals surface area contributed by atoms with E-state index in [2.05, 4.69) is 15.5 Å². The Labute approximate surface area is 121 Å². The lowest BCUT2D eigenvalue weighted by molar-refractivity contribution is 0.0696. The second-order valence-electron chi connectivity index (χ2n) is 4.22. The minimum absolute atomic E-state index is 0.136. The zero-order valence-corrected chi connectivity index (χ0v) is 11.3. The summed E-state index contributed by atoms with van der Waals surface area (Å²) < 4.78 is 0. The summed E-state index contributed by atoms with van der Waals surface area (Å²) >= 11 is 0. The smallest absolute Gasteiger partial charge is 0.336 e.